The molecule has 2 rings (SSSR count). The highest BCUT2D eigenvalue weighted by molar-refractivity contribution is 5.95. The lowest BCUT2D eigenvalue weighted by atomic mass is 10.0. The summed E-state index contributed by atoms with van der Waals surface area (Å²) in [5.41, 5.74) is 5.64. The predicted molar refractivity (Wildman–Crippen MR) is 88.4 cm³/mol. The average Bonchev–Trinajstić information content (AvgIpc) is 2.59. The first-order chi connectivity index (χ1) is 12.0. The highest BCUT2D eigenvalue weighted by Gasteiger charge is 2.28. The van der Waals surface area contributed by atoms with Crippen molar-refractivity contribution in [1.29, 1.82) is 0 Å². The van der Waals surface area contributed by atoms with Crippen LogP contribution in [0, 0.1) is 0 Å². The second-order valence-electron chi connectivity index (χ2n) is 5.90. The van der Waals surface area contributed by atoms with Gasteiger partial charge < -0.3 is 20.7 Å². The lowest BCUT2D eigenvalue weighted by Gasteiger charge is -2.36. The Morgan fingerprint density at radius 3 is 2.88 bits per heavy atom. The molecule has 25 heavy (non-hydrogen) atoms. The van der Waals surface area contributed by atoms with E-state index in [1.165, 1.54) is 18.2 Å². The summed E-state index contributed by atoms with van der Waals surface area (Å²) in [4.78, 5) is 26.1. The van der Waals surface area contributed by atoms with E-state index in [1.807, 2.05) is 0 Å². The highest BCUT2D eigenvalue weighted by Crippen LogP contribution is 2.22. The summed E-state index contributed by atoms with van der Waals surface area (Å²) in [6, 6.07) is 5.64. The van der Waals surface area contributed by atoms with E-state index < -0.39 is 6.61 Å². The van der Waals surface area contributed by atoms with E-state index in [0.717, 1.165) is 19.3 Å². The molecule has 2 amide bonds. The van der Waals surface area contributed by atoms with Gasteiger partial charge in [0.1, 0.15) is 5.75 Å². The van der Waals surface area contributed by atoms with E-state index in [1.54, 1.807) is 11.0 Å². The first-order valence-corrected chi connectivity index (χ1v) is 8.34. The van der Waals surface area contributed by atoms with E-state index >= 15 is 0 Å². The summed E-state index contributed by atoms with van der Waals surface area (Å²) >= 11 is 0. The SMILES string of the molecule is NCCC(=O)NCC1CCCCN1C(=O)c1cccc(OC(F)F)c1. The zero-order valence-electron chi connectivity index (χ0n) is 13.9. The molecule has 0 radical (unpaired) electrons. The number of alkyl halides is 2. The molecule has 0 spiro atoms. The van der Waals surface area contributed by atoms with Gasteiger partial charge in [0.15, 0.2) is 0 Å². The molecule has 1 aliphatic rings. The third kappa shape index (κ3) is 5.67. The molecule has 0 aromatic heterocycles. The van der Waals surface area contributed by atoms with Gasteiger partial charge >= 0.3 is 6.61 Å². The van der Waals surface area contributed by atoms with Crippen LogP contribution < -0.4 is 15.8 Å². The number of halogens is 2. The molecule has 6 nitrogen and oxygen atoms in total. The summed E-state index contributed by atoms with van der Waals surface area (Å²) in [5, 5.41) is 2.79. The Kier molecular flexibility index (Phi) is 7.12. The Labute approximate surface area is 145 Å². The zero-order valence-corrected chi connectivity index (χ0v) is 13.9. The van der Waals surface area contributed by atoms with Crippen molar-refractivity contribution >= 4 is 11.8 Å². The minimum absolute atomic E-state index is 0.0503. The summed E-state index contributed by atoms with van der Waals surface area (Å²) in [6.07, 6.45) is 2.86. The van der Waals surface area contributed by atoms with Gasteiger partial charge in [0, 0.05) is 37.7 Å². The maximum Gasteiger partial charge on any atom is 0.387 e. The molecule has 0 bridgehead atoms. The van der Waals surface area contributed by atoms with Gasteiger partial charge in [-0.3, -0.25) is 9.59 Å². The molecule has 0 saturated carbocycles. The van der Waals surface area contributed by atoms with Crippen LogP contribution in [-0.4, -0.2) is 49.0 Å². The molecule has 1 atom stereocenters. The first kappa shape index (κ1) is 19.1. The van der Waals surface area contributed by atoms with Crippen LogP contribution in [0.2, 0.25) is 0 Å². The molecule has 1 aromatic rings. The van der Waals surface area contributed by atoms with Crippen molar-refractivity contribution in [3.05, 3.63) is 29.8 Å². The molecule has 1 aliphatic heterocycles. The molecule has 0 aliphatic carbocycles. The van der Waals surface area contributed by atoms with E-state index in [0.29, 0.717) is 18.7 Å². The maximum atomic E-state index is 12.8. The molecule has 1 aromatic carbocycles. The number of nitrogens with zero attached hydrogens (tertiary/aromatic N) is 1. The summed E-state index contributed by atoms with van der Waals surface area (Å²) in [7, 11) is 0. The number of hydrogen-bond acceptors (Lipinski definition) is 4. The zero-order chi connectivity index (χ0) is 18.2. The largest absolute Gasteiger partial charge is 0.435 e. The number of hydrogen-bond donors (Lipinski definition) is 2. The van der Waals surface area contributed by atoms with Gasteiger partial charge in [-0.2, -0.15) is 8.78 Å². The molecule has 3 N–H and O–H groups in total. The van der Waals surface area contributed by atoms with Crippen LogP contribution in [0.5, 0.6) is 5.75 Å². The van der Waals surface area contributed by atoms with Gasteiger partial charge in [-0.1, -0.05) is 6.07 Å². The van der Waals surface area contributed by atoms with Crippen LogP contribution in [0.15, 0.2) is 24.3 Å². The van der Waals surface area contributed by atoms with Gasteiger partial charge in [-0.05, 0) is 37.5 Å². The van der Waals surface area contributed by atoms with Crippen LogP contribution in [0.4, 0.5) is 8.78 Å². The second-order valence-corrected chi connectivity index (χ2v) is 5.90. The molecule has 1 fully saturated rings. The third-order valence-corrected chi connectivity index (χ3v) is 4.10. The minimum Gasteiger partial charge on any atom is -0.435 e. The number of piperidine rings is 1. The molecule has 8 heteroatoms. The quantitative estimate of drug-likeness (QED) is 0.780. The lowest BCUT2D eigenvalue weighted by molar-refractivity contribution is -0.121. The minimum atomic E-state index is -2.94. The van der Waals surface area contributed by atoms with Gasteiger partial charge in [0.2, 0.25) is 5.91 Å². The third-order valence-electron chi connectivity index (χ3n) is 4.10. The van der Waals surface area contributed by atoms with Gasteiger partial charge in [0.25, 0.3) is 5.91 Å². The average molecular weight is 355 g/mol. The predicted octanol–water partition coefficient (Wildman–Crippen LogP) is 1.75. The van der Waals surface area contributed by atoms with Crippen LogP contribution in [0.25, 0.3) is 0 Å². The Morgan fingerprint density at radius 1 is 1.36 bits per heavy atom. The van der Waals surface area contributed by atoms with Crippen molar-refractivity contribution in [1.82, 2.24) is 10.2 Å². The standard InChI is InChI=1S/C17H23F2N3O3/c18-17(19)25-14-6-3-4-12(10-14)16(24)22-9-2-1-5-13(22)11-21-15(23)7-8-20/h3-4,6,10,13,17H,1-2,5,7-9,11,20H2,(H,21,23). The van der Waals surface area contributed by atoms with E-state index in [-0.39, 0.29) is 36.6 Å². The fourth-order valence-electron chi connectivity index (χ4n) is 2.90. The van der Waals surface area contributed by atoms with Crippen molar-refractivity contribution in [3.63, 3.8) is 0 Å². The van der Waals surface area contributed by atoms with E-state index in [9.17, 15) is 18.4 Å². The van der Waals surface area contributed by atoms with Crippen LogP contribution in [0.3, 0.4) is 0 Å². The Hall–Kier alpha value is -2.22. The summed E-state index contributed by atoms with van der Waals surface area (Å²) in [6.45, 7) is -1.74. The topological polar surface area (TPSA) is 84.7 Å². The normalized spacial score (nSPS) is 17.4. The van der Waals surface area contributed by atoms with Crippen molar-refractivity contribution in [3.8, 4) is 5.75 Å². The first-order valence-electron chi connectivity index (χ1n) is 8.34. The van der Waals surface area contributed by atoms with E-state index in [2.05, 4.69) is 10.1 Å². The van der Waals surface area contributed by atoms with E-state index in [4.69, 9.17) is 5.73 Å². The fourth-order valence-corrected chi connectivity index (χ4v) is 2.90. The fraction of sp³-hybridized carbons (Fsp3) is 0.529. The molecule has 1 saturated heterocycles. The number of likely N-dealkylation sites (tertiary alicyclic amines) is 1. The second kappa shape index (κ2) is 9.31. The number of carbonyl (C=O) groups is 2. The lowest BCUT2D eigenvalue weighted by Crippen LogP contribution is -2.49. The number of ether oxygens (including phenoxy) is 1. The Morgan fingerprint density at radius 2 is 2.16 bits per heavy atom. The van der Waals surface area contributed by atoms with Crippen LogP contribution >= 0.6 is 0 Å². The smallest absolute Gasteiger partial charge is 0.387 e. The Balaban J connectivity index is 2.05. The molecule has 138 valence electrons. The number of benzene rings is 1. The highest BCUT2D eigenvalue weighted by atomic mass is 19.3. The Bertz CT molecular complexity index is 598. The molecule has 1 heterocycles. The van der Waals surface area contributed by atoms with Gasteiger partial charge in [-0.25, -0.2) is 0 Å². The van der Waals surface area contributed by atoms with Crippen molar-refractivity contribution in [2.45, 2.75) is 38.3 Å². The summed E-state index contributed by atoms with van der Waals surface area (Å²) < 4.78 is 29.0. The number of rotatable bonds is 7. The number of nitrogens with two attached hydrogens (primary N) is 1. The van der Waals surface area contributed by atoms with Crippen molar-refractivity contribution < 1.29 is 23.1 Å². The molecular formula is C17H23F2N3O3. The maximum absolute atomic E-state index is 12.8. The van der Waals surface area contributed by atoms with Crippen LogP contribution in [0.1, 0.15) is 36.0 Å². The van der Waals surface area contributed by atoms with Crippen LogP contribution in [-0.2, 0) is 4.79 Å². The monoisotopic (exact) mass is 355 g/mol. The molecule has 1 unspecified atom stereocenters. The number of amides is 2. The summed E-state index contributed by atoms with van der Waals surface area (Å²) in [5.74, 6) is -0.448. The van der Waals surface area contributed by atoms with Crippen molar-refractivity contribution in [2.24, 2.45) is 5.73 Å². The number of nitrogens with one attached hydrogen (secondary N) is 1. The van der Waals surface area contributed by atoms with Crippen molar-refractivity contribution in [2.75, 3.05) is 19.6 Å². The van der Waals surface area contributed by atoms with Gasteiger partial charge in [0.05, 0.1) is 0 Å². The molecular weight excluding hydrogens is 332 g/mol. The number of carbonyl (C=O) groups excluding carboxylic acids is 2. The van der Waals surface area contributed by atoms with Gasteiger partial charge in [-0.15, -0.1) is 0 Å².